The minimum atomic E-state index is -0.235. The van der Waals surface area contributed by atoms with Gasteiger partial charge in [-0.15, -0.1) is 10.2 Å². The van der Waals surface area contributed by atoms with Gasteiger partial charge in [0.2, 0.25) is 0 Å². The minimum Gasteiger partial charge on any atom is -0.357 e. The Kier molecular flexibility index (Phi) is 5.59. The maximum atomic E-state index is 13.6. The van der Waals surface area contributed by atoms with E-state index in [1.807, 2.05) is 38.2 Å². The quantitative estimate of drug-likeness (QED) is 0.598. The van der Waals surface area contributed by atoms with E-state index >= 15 is 0 Å². The highest BCUT2D eigenvalue weighted by Gasteiger charge is 2.35. The summed E-state index contributed by atoms with van der Waals surface area (Å²) < 4.78 is 2.16. The van der Waals surface area contributed by atoms with Crippen LogP contribution in [-0.2, 0) is 13.0 Å². The van der Waals surface area contributed by atoms with Crippen LogP contribution in [0.4, 0.5) is 11.6 Å². The molecule has 0 saturated heterocycles. The maximum absolute atomic E-state index is 13.6. The van der Waals surface area contributed by atoms with E-state index in [4.69, 9.17) is 15.7 Å². The number of aromatic nitrogens is 5. The third-order valence-corrected chi connectivity index (χ3v) is 7.09. The lowest BCUT2D eigenvalue weighted by Crippen LogP contribution is -2.28. The van der Waals surface area contributed by atoms with Gasteiger partial charge < -0.3 is 15.2 Å². The third kappa shape index (κ3) is 3.55. The predicted octanol–water partition coefficient (Wildman–Crippen LogP) is 3.66. The smallest absolute Gasteiger partial charge is 0.260 e. The van der Waals surface area contributed by atoms with Gasteiger partial charge in [-0.05, 0) is 51.8 Å². The molecular formula is C25H32N8O. The number of fused-ring (bicyclic) bond motifs is 2. The summed E-state index contributed by atoms with van der Waals surface area (Å²) in [5.41, 5.74) is 9.51. The average molecular weight is 461 g/mol. The van der Waals surface area contributed by atoms with Gasteiger partial charge >= 0.3 is 0 Å². The Bertz CT molecular complexity index is 1250. The number of carbonyl (C=O) groups excluding carboxylic acids is 1. The van der Waals surface area contributed by atoms with Crippen molar-refractivity contribution in [2.24, 2.45) is 5.73 Å². The molecule has 9 nitrogen and oxygen atoms in total. The van der Waals surface area contributed by atoms with E-state index in [9.17, 15) is 4.79 Å². The predicted molar refractivity (Wildman–Crippen MR) is 132 cm³/mol. The molecule has 0 bridgehead atoms. The van der Waals surface area contributed by atoms with Gasteiger partial charge in [-0.2, -0.15) is 0 Å². The summed E-state index contributed by atoms with van der Waals surface area (Å²) >= 11 is 0. The summed E-state index contributed by atoms with van der Waals surface area (Å²) in [5.74, 6) is 3.02. The fraction of sp³-hybridized carbons (Fsp3) is 0.480. The highest BCUT2D eigenvalue weighted by molar-refractivity contribution is 6.10. The Morgan fingerprint density at radius 2 is 2.03 bits per heavy atom. The van der Waals surface area contributed by atoms with Crippen LogP contribution in [0.5, 0.6) is 0 Å². The molecule has 5 rings (SSSR count). The van der Waals surface area contributed by atoms with E-state index in [-0.39, 0.29) is 18.0 Å². The van der Waals surface area contributed by atoms with E-state index in [1.165, 1.54) is 0 Å². The summed E-state index contributed by atoms with van der Waals surface area (Å²) in [5, 5.41) is 8.74. The molecule has 34 heavy (non-hydrogen) atoms. The zero-order chi connectivity index (χ0) is 24.1. The maximum Gasteiger partial charge on any atom is 0.260 e. The second-order valence-corrected chi connectivity index (χ2v) is 9.58. The number of amides is 1. The lowest BCUT2D eigenvalue weighted by atomic mass is 10.0. The molecule has 2 aliphatic rings. The molecule has 0 fully saturated rings. The van der Waals surface area contributed by atoms with Crippen molar-refractivity contribution >= 4 is 17.5 Å². The van der Waals surface area contributed by atoms with E-state index < -0.39 is 0 Å². The van der Waals surface area contributed by atoms with Gasteiger partial charge in [-0.3, -0.25) is 9.69 Å². The molecule has 3 aromatic rings. The van der Waals surface area contributed by atoms with Crippen LogP contribution < -0.4 is 15.5 Å². The van der Waals surface area contributed by atoms with Crippen molar-refractivity contribution < 1.29 is 4.79 Å². The van der Waals surface area contributed by atoms with Gasteiger partial charge in [0.05, 0.1) is 17.8 Å². The first-order chi connectivity index (χ1) is 16.3. The van der Waals surface area contributed by atoms with Crippen LogP contribution in [0.2, 0.25) is 0 Å². The van der Waals surface area contributed by atoms with Crippen LogP contribution in [0.3, 0.4) is 0 Å². The number of rotatable bonds is 6. The van der Waals surface area contributed by atoms with Crippen LogP contribution >= 0.6 is 0 Å². The average Bonchev–Trinajstić information content (AvgIpc) is 3.52. The lowest BCUT2D eigenvalue weighted by Gasteiger charge is -2.25. The molecule has 2 atom stereocenters. The van der Waals surface area contributed by atoms with E-state index in [2.05, 4.69) is 40.4 Å². The van der Waals surface area contributed by atoms with E-state index in [0.717, 1.165) is 53.7 Å². The Labute approximate surface area is 200 Å². The second kappa shape index (κ2) is 8.47. The van der Waals surface area contributed by atoms with Crippen LogP contribution in [-0.4, -0.2) is 43.7 Å². The minimum absolute atomic E-state index is 0.0788. The van der Waals surface area contributed by atoms with Crippen molar-refractivity contribution in [3.8, 4) is 11.5 Å². The van der Waals surface area contributed by atoms with Crippen molar-refractivity contribution in [1.82, 2.24) is 24.7 Å². The van der Waals surface area contributed by atoms with Crippen molar-refractivity contribution in [3.05, 3.63) is 46.9 Å². The Balaban J connectivity index is 1.54. The molecular weight excluding hydrogens is 428 g/mol. The lowest BCUT2D eigenvalue weighted by molar-refractivity contribution is 0.0996. The summed E-state index contributed by atoms with van der Waals surface area (Å²) in [7, 11) is 1.99. The third-order valence-electron chi connectivity index (χ3n) is 7.09. The number of anilines is 2. The van der Waals surface area contributed by atoms with Gasteiger partial charge in [0.25, 0.3) is 5.91 Å². The normalized spacial score (nSPS) is 17.9. The first-order valence-electron chi connectivity index (χ1n) is 12.0. The molecule has 9 heteroatoms. The van der Waals surface area contributed by atoms with E-state index in [1.54, 1.807) is 4.90 Å². The molecule has 5 heterocycles. The number of aryl methyl sites for hydroxylation is 1. The first kappa shape index (κ1) is 22.5. The number of carbonyl (C=O) groups is 1. The highest BCUT2D eigenvalue weighted by atomic mass is 16.2. The Morgan fingerprint density at radius 1 is 1.24 bits per heavy atom. The summed E-state index contributed by atoms with van der Waals surface area (Å²) in [6, 6.07) is 7.95. The number of hydrogen-bond donors (Lipinski definition) is 1. The molecule has 0 aliphatic carbocycles. The molecule has 2 N–H and O–H groups in total. The number of nitrogens with two attached hydrogens (primary N) is 1. The summed E-state index contributed by atoms with van der Waals surface area (Å²) in [6.45, 7) is 8.81. The fourth-order valence-corrected chi connectivity index (χ4v) is 4.74. The molecule has 0 aromatic carbocycles. The first-order valence-corrected chi connectivity index (χ1v) is 12.0. The molecule has 0 spiro atoms. The van der Waals surface area contributed by atoms with Crippen LogP contribution in [0.25, 0.3) is 11.5 Å². The number of pyridine rings is 2. The van der Waals surface area contributed by atoms with Crippen molar-refractivity contribution in [1.29, 1.82) is 0 Å². The molecule has 1 amide bonds. The topological polar surface area (TPSA) is 106 Å². The summed E-state index contributed by atoms with van der Waals surface area (Å²) in [4.78, 5) is 27.1. The van der Waals surface area contributed by atoms with Gasteiger partial charge in [0.1, 0.15) is 23.2 Å². The SMILES string of the molecule is CC[C@@H](N)c1nc(N(C)C(C)C)cc2c1CN(c1cccc(-c3nnc4n3[C@@H](C)CC4)n1)C2=O. The Morgan fingerprint density at radius 3 is 2.76 bits per heavy atom. The van der Waals surface area contributed by atoms with Crippen molar-refractivity contribution in [3.63, 3.8) is 0 Å². The van der Waals surface area contributed by atoms with Gasteiger partial charge in [-0.1, -0.05) is 13.0 Å². The monoisotopic (exact) mass is 460 g/mol. The van der Waals surface area contributed by atoms with Crippen LogP contribution in [0, 0.1) is 0 Å². The zero-order valence-electron chi connectivity index (χ0n) is 20.5. The summed E-state index contributed by atoms with van der Waals surface area (Å²) in [6.07, 6.45) is 2.72. The van der Waals surface area contributed by atoms with E-state index in [0.29, 0.717) is 24.0 Å². The standard InChI is InChI=1S/C25H32N8O/c1-6-18(26)23-17-13-32(25(34)16(17)12-22(28-23)31(5)14(2)3)20-9-7-8-19(27-20)24-30-29-21-11-10-15(4)33(21)24/h7-9,12,14-15,18H,6,10-11,13,26H2,1-5H3/t15-,18+/m0/s1. The van der Waals surface area contributed by atoms with Gasteiger partial charge in [-0.25, -0.2) is 9.97 Å². The van der Waals surface area contributed by atoms with Gasteiger partial charge in [0.15, 0.2) is 5.82 Å². The van der Waals surface area contributed by atoms with Crippen LogP contribution in [0.1, 0.15) is 80.1 Å². The molecule has 178 valence electrons. The van der Waals surface area contributed by atoms with Crippen LogP contribution in [0.15, 0.2) is 24.3 Å². The highest BCUT2D eigenvalue weighted by Crippen LogP contribution is 2.35. The number of hydrogen-bond acceptors (Lipinski definition) is 7. The molecule has 0 saturated carbocycles. The van der Waals surface area contributed by atoms with Gasteiger partial charge in [0, 0.05) is 37.2 Å². The Hall–Kier alpha value is -3.33. The number of nitrogens with zero attached hydrogens (tertiary/aromatic N) is 7. The second-order valence-electron chi connectivity index (χ2n) is 9.58. The molecule has 3 aromatic heterocycles. The fourth-order valence-electron chi connectivity index (χ4n) is 4.74. The van der Waals surface area contributed by atoms with Crippen molar-refractivity contribution in [2.75, 3.05) is 16.8 Å². The molecule has 0 unspecified atom stereocenters. The molecule has 2 aliphatic heterocycles. The molecule has 0 radical (unpaired) electrons. The largest absolute Gasteiger partial charge is 0.357 e. The van der Waals surface area contributed by atoms with Crippen molar-refractivity contribution in [2.45, 2.75) is 71.6 Å². The zero-order valence-corrected chi connectivity index (χ0v) is 20.5.